The predicted octanol–water partition coefficient (Wildman–Crippen LogP) is 4.62. The minimum absolute atomic E-state index is 0.0156. The molecule has 1 heterocycles. The van der Waals surface area contributed by atoms with Gasteiger partial charge in [0.2, 0.25) is 11.8 Å². The summed E-state index contributed by atoms with van der Waals surface area (Å²) in [5, 5.41) is 3.57. The molecule has 0 radical (unpaired) electrons. The van der Waals surface area contributed by atoms with Crippen LogP contribution in [0.15, 0.2) is 48.5 Å². The number of hydrogen-bond donors (Lipinski definition) is 1. The lowest BCUT2D eigenvalue weighted by molar-refractivity contribution is -0.128. The summed E-state index contributed by atoms with van der Waals surface area (Å²) in [7, 11) is 0. The zero-order valence-electron chi connectivity index (χ0n) is 16.0. The molecule has 142 valence electrons. The number of rotatable bonds is 4. The fraction of sp³-hybridized carbons (Fsp3) is 0.364. The normalized spacial score (nSPS) is 17.3. The molecule has 27 heavy (non-hydrogen) atoms. The highest BCUT2D eigenvalue weighted by molar-refractivity contribution is 6.31. The molecule has 0 bridgehead atoms. The molecule has 2 aromatic carbocycles. The van der Waals surface area contributed by atoms with Crippen molar-refractivity contribution in [2.75, 3.05) is 11.9 Å². The maximum atomic E-state index is 12.6. The molecule has 1 atom stereocenters. The molecule has 4 nitrogen and oxygen atoms in total. The molecule has 0 aromatic heterocycles. The van der Waals surface area contributed by atoms with E-state index in [0.29, 0.717) is 18.1 Å². The highest BCUT2D eigenvalue weighted by Gasteiger charge is 2.34. The van der Waals surface area contributed by atoms with Crippen molar-refractivity contribution in [1.29, 1.82) is 0 Å². The van der Waals surface area contributed by atoms with Crippen molar-refractivity contribution in [2.24, 2.45) is 5.92 Å². The van der Waals surface area contributed by atoms with Crippen molar-refractivity contribution in [3.05, 3.63) is 64.7 Å². The Morgan fingerprint density at radius 2 is 1.81 bits per heavy atom. The Labute approximate surface area is 165 Å². The van der Waals surface area contributed by atoms with E-state index in [9.17, 15) is 9.59 Å². The lowest BCUT2D eigenvalue weighted by atomic mass is 9.87. The molecular weight excluding hydrogens is 360 g/mol. The van der Waals surface area contributed by atoms with Gasteiger partial charge in [-0.05, 0) is 34.7 Å². The maximum Gasteiger partial charge on any atom is 0.229 e. The van der Waals surface area contributed by atoms with Crippen molar-refractivity contribution in [1.82, 2.24) is 4.90 Å². The van der Waals surface area contributed by atoms with Gasteiger partial charge in [0, 0.05) is 30.2 Å². The molecule has 1 unspecified atom stereocenters. The number of carbonyl (C=O) groups is 2. The smallest absolute Gasteiger partial charge is 0.229 e. The summed E-state index contributed by atoms with van der Waals surface area (Å²) in [6, 6.07) is 15.3. The lowest BCUT2D eigenvalue weighted by Gasteiger charge is -2.19. The van der Waals surface area contributed by atoms with E-state index in [-0.39, 0.29) is 29.6 Å². The summed E-state index contributed by atoms with van der Waals surface area (Å²) in [6.07, 6.45) is 0.233. The molecule has 5 heteroatoms. The topological polar surface area (TPSA) is 49.4 Å². The number of halogens is 1. The molecule has 2 aromatic rings. The van der Waals surface area contributed by atoms with Gasteiger partial charge < -0.3 is 10.2 Å². The van der Waals surface area contributed by atoms with Crippen LogP contribution in [0.3, 0.4) is 0 Å². The first-order valence-corrected chi connectivity index (χ1v) is 9.54. The van der Waals surface area contributed by atoms with Crippen molar-refractivity contribution in [3.8, 4) is 0 Å². The summed E-state index contributed by atoms with van der Waals surface area (Å²) in [5.41, 5.74) is 2.93. The first-order valence-electron chi connectivity index (χ1n) is 9.16. The molecule has 3 rings (SSSR count). The Morgan fingerprint density at radius 1 is 1.15 bits per heavy atom. The summed E-state index contributed by atoms with van der Waals surface area (Å²) in [6.45, 7) is 7.30. The number of amides is 2. The highest BCUT2D eigenvalue weighted by atomic mass is 35.5. The highest BCUT2D eigenvalue weighted by Crippen LogP contribution is 2.26. The summed E-state index contributed by atoms with van der Waals surface area (Å²) in [4.78, 5) is 26.6. The van der Waals surface area contributed by atoms with Crippen LogP contribution in [-0.2, 0) is 21.5 Å². The average Bonchev–Trinajstić information content (AvgIpc) is 2.97. The molecule has 1 saturated heterocycles. The largest absolute Gasteiger partial charge is 0.337 e. The van der Waals surface area contributed by atoms with E-state index in [1.807, 2.05) is 48.5 Å². The van der Waals surface area contributed by atoms with Crippen molar-refractivity contribution in [3.63, 3.8) is 0 Å². The summed E-state index contributed by atoms with van der Waals surface area (Å²) < 4.78 is 0. The minimum atomic E-state index is -0.345. The first kappa shape index (κ1) is 19.4. The van der Waals surface area contributed by atoms with Gasteiger partial charge in [0.05, 0.1) is 5.92 Å². The minimum Gasteiger partial charge on any atom is -0.337 e. The van der Waals surface area contributed by atoms with Crippen LogP contribution in [-0.4, -0.2) is 23.3 Å². The number of hydrogen-bond acceptors (Lipinski definition) is 2. The van der Waals surface area contributed by atoms with Crippen molar-refractivity contribution in [2.45, 2.75) is 39.2 Å². The maximum absolute atomic E-state index is 12.6. The Morgan fingerprint density at radius 3 is 2.44 bits per heavy atom. The second-order valence-electron chi connectivity index (χ2n) is 8.08. The van der Waals surface area contributed by atoms with Crippen LogP contribution < -0.4 is 5.32 Å². The van der Waals surface area contributed by atoms with Crippen LogP contribution >= 0.6 is 11.6 Å². The van der Waals surface area contributed by atoms with E-state index in [1.165, 1.54) is 5.56 Å². The van der Waals surface area contributed by atoms with Gasteiger partial charge in [-0.3, -0.25) is 9.59 Å². The van der Waals surface area contributed by atoms with Gasteiger partial charge in [-0.15, -0.1) is 0 Å². The second-order valence-corrected chi connectivity index (χ2v) is 8.49. The van der Waals surface area contributed by atoms with Gasteiger partial charge in [-0.2, -0.15) is 0 Å². The van der Waals surface area contributed by atoms with Gasteiger partial charge in [0.25, 0.3) is 0 Å². The number of carbonyl (C=O) groups excluding carboxylic acids is 2. The third-order valence-corrected chi connectivity index (χ3v) is 5.29. The molecular formula is C22H25ClN2O2. The van der Waals surface area contributed by atoms with E-state index in [4.69, 9.17) is 11.6 Å². The lowest BCUT2D eigenvalue weighted by Crippen LogP contribution is -2.28. The van der Waals surface area contributed by atoms with Gasteiger partial charge >= 0.3 is 0 Å². The van der Waals surface area contributed by atoms with Crippen LogP contribution in [0.2, 0.25) is 5.02 Å². The van der Waals surface area contributed by atoms with Crippen LogP contribution in [0.1, 0.15) is 38.3 Å². The number of anilines is 1. The zero-order chi connectivity index (χ0) is 19.6. The van der Waals surface area contributed by atoms with E-state index < -0.39 is 0 Å². The predicted molar refractivity (Wildman–Crippen MR) is 109 cm³/mol. The van der Waals surface area contributed by atoms with Gasteiger partial charge in [-0.1, -0.05) is 62.7 Å². The average molecular weight is 385 g/mol. The van der Waals surface area contributed by atoms with Crippen LogP contribution in [0.5, 0.6) is 0 Å². The number of benzene rings is 2. The quantitative estimate of drug-likeness (QED) is 0.835. The molecule has 1 aliphatic rings. The van der Waals surface area contributed by atoms with Crippen LogP contribution in [0, 0.1) is 5.92 Å². The number of nitrogens with zero attached hydrogens (tertiary/aromatic N) is 1. The number of nitrogens with one attached hydrogen (secondary N) is 1. The van der Waals surface area contributed by atoms with E-state index in [0.717, 1.165) is 11.3 Å². The van der Waals surface area contributed by atoms with E-state index in [2.05, 4.69) is 26.1 Å². The third kappa shape index (κ3) is 4.69. The molecule has 1 aliphatic heterocycles. The Bertz CT molecular complexity index is 840. The van der Waals surface area contributed by atoms with Crippen LogP contribution in [0.25, 0.3) is 0 Å². The first-order chi connectivity index (χ1) is 12.7. The molecule has 0 spiro atoms. The van der Waals surface area contributed by atoms with E-state index >= 15 is 0 Å². The third-order valence-electron chi connectivity index (χ3n) is 4.92. The van der Waals surface area contributed by atoms with Crippen LogP contribution in [0.4, 0.5) is 5.69 Å². The van der Waals surface area contributed by atoms with Gasteiger partial charge in [0.1, 0.15) is 0 Å². The SMILES string of the molecule is CC(C)(C)c1ccc(NC(=O)C2CC(=O)N(Cc3ccccc3Cl)C2)cc1. The van der Waals surface area contributed by atoms with Crippen molar-refractivity contribution < 1.29 is 9.59 Å². The Kier molecular flexibility index (Phi) is 5.56. The Hall–Kier alpha value is -2.33. The molecule has 1 N–H and O–H groups in total. The van der Waals surface area contributed by atoms with E-state index in [1.54, 1.807) is 4.90 Å². The molecule has 2 amide bonds. The molecule has 1 fully saturated rings. The molecule has 0 saturated carbocycles. The monoisotopic (exact) mass is 384 g/mol. The standard InChI is InChI=1S/C22H25ClN2O2/c1-22(2,3)17-8-10-18(11-9-17)24-21(27)16-12-20(26)25(14-16)13-15-6-4-5-7-19(15)23/h4-11,16H,12-14H2,1-3H3,(H,24,27). The van der Waals surface area contributed by atoms with Crippen molar-refractivity contribution >= 4 is 29.1 Å². The summed E-state index contributed by atoms with van der Waals surface area (Å²) in [5.74, 6) is -0.478. The zero-order valence-corrected chi connectivity index (χ0v) is 16.7. The fourth-order valence-electron chi connectivity index (χ4n) is 3.23. The van der Waals surface area contributed by atoms with Gasteiger partial charge in [-0.25, -0.2) is 0 Å². The molecule has 0 aliphatic carbocycles. The fourth-order valence-corrected chi connectivity index (χ4v) is 3.43. The second kappa shape index (κ2) is 7.73. The Balaban J connectivity index is 1.61. The summed E-state index contributed by atoms with van der Waals surface area (Å²) >= 11 is 6.18. The number of likely N-dealkylation sites (tertiary alicyclic amines) is 1. The van der Waals surface area contributed by atoms with Gasteiger partial charge in [0.15, 0.2) is 0 Å².